The van der Waals surface area contributed by atoms with Gasteiger partial charge in [0.1, 0.15) is 17.5 Å². The maximum Gasteiger partial charge on any atom is 0.219 e. The van der Waals surface area contributed by atoms with Crippen molar-refractivity contribution in [3.8, 4) is 11.1 Å². The minimum atomic E-state index is -0.976. The average Bonchev–Trinajstić information content (AvgIpc) is 2.57. The summed E-state index contributed by atoms with van der Waals surface area (Å²) in [5.74, 6) is -2.68. The summed E-state index contributed by atoms with van der Waals surface area (Å²) in [6.07, 6.45) is 0.944. The second kappa shape index (κ2) is 8.42. The maximum absolute atomic E-state index is 14.4. The van der Waals surface area contributed by atoms with Crippen molar-refractivity contribution in [1.82, 2.24) is 0 Å². The molecule has 0 unspecified atom stereocenters. The molecule has 0 saturated heterocycles. The molecule has 2 aromatic rings. The molecule has 0 aliphatic rings. The molecule has 0 amide bonds. The van der Waals surface area contributed by atoms with E-state index < -0.39 is 27.5 Å². The highest BCUT2D eigenvalue weighted by molar-refractivity contribution is 8.14. The topological polar surface area (TPSA) is 34.1 Å². The summed E-state index contributed by atoms with van der Waals surface area (Å²) in [6.45, 7) is 8.29. The van der Waals surface area contributed by atoms with E-state index >= 15 is 0 Å². The summed E-state index contributed by atoms with van der Waals surface area (Å²) in [4.78, 5) is 22.8. The second-order valence-electron chi connectivity index (χ2n) is 5.21. The number of carbonyl (C=O) groups excluding carboxylic acids is 2. The largest absolute Gasteiger partial charge is 0.282 e. The number of thioether (sulfide) groups is 2. The number of carbonyl (C=O) groups is 2. The predicted octanol–water partition coefficient (Wildman–Crippen LogP) is 5.77. The van der Waals surface area contributed by atoms with Gasteiger partial charge in [-0.15, -0.1) is 0 Å². The molecule has 134 valence electrons. The number of hydrogen-bond donors (Lipinski definition) is 0. The van der Waals surface area contributed by atoms with Gasteiger partial charge in [0.2, 0.25) is 10.2 Å². The zero-order chi connectivity index (χ0) is 19.4. The van der Waals surface area contributed by atoms with Crippen molar-refractivity contribution >= 4 is 33.8 Å². The summed E-state index contributed by atoms with van der Waals surface area (Å²) < 4.78 is 42.6. The van der Waals surface area contributed by atoms with Gasteiger partial charge < -0.3 is 0 Å². The van der Waals surface area contributed by atoms with Crippen LogP contribution in [0.2, 0.25) is 0 Å². The molecule has 0 aliphatic carbocycles. The fourth-order valence-corrected chi connectivity index (χ4v) is 3.23. The fourth-order valence-electron chi connectivity index (χ4n) is 1.94. The summed E-state index contributed by atoms with van der Waals surface area (Å²) in [5.41, 5.74) is 0.281. The summed E-state index contributed by atoms with van der Waals surface area (Å²) in [5, 5.41) is -0.909. The first-order valence-electron chi connectivity index (χ1n) is 7.23. The van der Waals surface area contributed by atoms with Gasteiger partial charge in [-0.25, -0.2) is 13.2 Å². The first-order valence-corrected chi connectivity index (χ1v) is 8.87. The highest BCUT2D eigenvalue weighted by Gasteiger charge is 2.17. The summed E-state index contributed by atoms with van der Waals surface area (Å²) >= 11 is 1.18. The van der Waals surface area contributed by atoms with Crippen molar-refractivity contribution in [2.75, 3.05) is 0 Å². The third kappa shape index (κ3) is 4.68. The van der Waals surface area contributed by atoms with Gasteiger partial charge in [0.25, 0.3) is 0 Å². The van der Waals surface area contributed by atoms with Crippen LogP contribution in [-0.4, -0.2) is 10.2 Å². The van der Waals surface area contributed by atoms with E-state index in [0.717, 1.165) is 36.0 Å². The maximum atomic E-state index is 14.4. The van der Waals surface area contributed by atoms with Gasteiger partial charge in [-0.3, -0.25) is 9.59 Å². The standard InChI is InChI=1S/C19H13F3O2S2/c1-4-17(23)26-18-15(21)7-11(8-16(18)22)13-6-5-12(9-14(13)20)25-19(24)10(2)3/h4-9H,1-2H2,3H3. The molecule has 0 N–H and O–H groups in total. The van der Waals surface area contributed by atoms with Gasteiger partial charge in [-0.05, 0) is 71.9 Å². The van der Waals surface area contributed by atoms with Crippen LogP contribution in [0.3, 0.4) is 0 Å². The number of halogens is 3. The van der Waals surface area contributed by atoms with E-state index in [1.807, 2.05) is 0 Å². The lowest BCUT2D eigenvalue weighted by Crippen LogP contribution is -1.95. The quantitative estimate of drug-likeness (QED) is 0.476. The smallest absolute Gasteiger partial charge is 0.219 e. The summed E-state index contributed by atoms with van der Waals surface area (Å²) in [6, 6.07) is 5.82. The van der Waals surface area contributed by atoms with Gasteiger partial charge in [0, 0.05) is 10.5 Å². The molecule has 0 fully saturated rings. The molecular formula is C19H13F3O2S2. The fraction of sp³-hybridized carbons (Fsp3) is 0.0526. The third-order valence-electron chi connectivity index (χ3n) is 3.18. The van der Waals surface area contributed by atoms with Crippen molar-refractivity contribution in [3.63, 3.8) is 0 Å². The lowest BCUT2D eigenvalue weighted by molar-refractivity contribution is -0.108. The summed E-state index contributed by atoms with van der Waals surface area (Å²) in [7, 11) is 0. The van der Waals surface area contributed by atoms with Crippen LogP contribution in [0.15, 0.2) is 64.9 Å². The zero-order valence-electron chi connectivity index (χ0n) is 13.6. The van der Waals surface area contributed by atoms with Crippen LogP contribution >= 0.6 is 23.5 Å². The molecule has 0 aliphatic heterocycles. The average molecular weight is 394 g/mol. The molecular weight excluding hydrogens is 381 g/mol. The van der Waals surface area contributed by atoms with Gasteiger partial charge >= 0.3 is 0 Å². The second-order valence-corrected chi connectivity index (χ2v) is 7.27. The molecule has 0 atom stereocenters. The van der Waals surface area contributed by atoms with E-state index in [1.165, 1.54) is 12.1 Å². The lowest BCUT2D eigenvalue weighted by Gasteiger charge is -2.09. The van der Waals surface area contributed by atoms with Gasteiger partial charge in [-0.1, -0.05) is 19.2 Å². The van der Waals surface area contributed by atoms with E-state index in [1.54, 1.807) is 6.92 Å². The molecule has 0 aromatic heterocycles. The van der Waals surface area contributed by atoms with Crippen molar-refractivity contribution in [2.24, 2.45) is 0 Å². The minimum Gasteiger partial charge on any atom is -0.282 e. The Morgan fingerprint density at radius 2 is 1.62 bits per heavy atom. The molecule has 0 spiro atoms. The predicted molar refractivity (Wildman–Crippen MR) is 98.5 cm³/mol. The molecule has 0 radical (unpaired) electrons. The van der Waals surface area contributed by atoms with E-state index in [0.29, 0.717) is 22.2 Å². The number of rotatable bonds is 5. The number of hydrogen-bond acceptors (Lipinski definition) is 4. The Morgan fingerprint density at radius 1 is 1.00 bits per heavy atom. The molecule has 0 saturated carbocycles. The first kappa shape index (κ1) is 20.1. The van der Waals surface area contributed by atoms with Gasteiger partial charge in [0.15, 0.2) is 0 Å². The van der Waals surface area contributed by atoms with Crippen LogP contribution in [-0.2, 0) is 9.59 Å². The Bertz CT molecular complexity index is 900. The van der Waals surface area contributed by atoms with E-state index in [4.69, 9.17) is 0 Å². The van der Waals surface area contributed by atoms with Crippen LogP contribution in [0.25, 0.3) is 11.1 Å². The molecule has 2 aromatic carbocycles. The molecule has 2 rings (SSSR count). The molecule has 0 heterocycles. The Labute approximate surface area is 157 Å². The van der Waals surface area contributed by atoms with Crippen LogP contribution in [0, 0.1) is 17.5 Å². The van der Waals surface area contributed by atoms with Crippen LogP contribution in [0.5, 0.6) is 0 Å². The Balaban J connectivity index is 2.37. The lowest BCUT2D eigenvalue weighted by atomic mass is 10.0. The number of benzene rings is 2. The molecule has 7 heteroatoms. The van der Waals surface area contributed by atoms with Gasteiger partial charge in [0.05, 0.1) is 4.90 Å². The van der Waals surface area contributed by atoms with E-state index in [-0.39, 0.29) is 16.2 Å². The Hall–Kier alpha value is -2.25. The highest BCUT2D eigenvalue weighted by atomic mass is 32.2. The molecule has 0 bridgehead atoms. The molecule has 26 heavy (non-hydrogen) atoms. The van der Waals surface area contributed by atoms with Crippen LogP contribution < -0.4 is 0 Å². The van der Waals surface area contributed by atoms with Gasteiger partial charge in [-0.2, -0.15) is 0 Å². The Kier molecular flexibility index (Phi) is 6.50. The normalized spacial score (nSPS) is 10.5. The van der Waals surface area contributed by atoms with Crippen LogP contribution in [0.1, 0.15) is 6.92 Å². The highest BCUT2D eigenvalue weighted by Crippen LogP contribution is 2.33. The van der Waals surface area contributed by atoms with Crippen molar-refractivity contribution < 1.29 is 22.8 Å². The minimum absolute atomic E-state index is 0.0179. The van der Waals surface area contributed by atoms with Crippen molar-refractivity contribution in [2.45, 2.75) is 16.7 Å². The Morgan fingerprint density at radius 3 is 2.12 bits per heavy atom. The molecule has 2 nitrogen and oxygen atoms in total. The first-order chi connectivity index (χ1) is 12.2. The third-order valence-corrected chi connectivity index (χ3v) is 5.16. The van der Waals surface area contributed by atoms with E-state index in [2.05, 4.69) is 13.2 Å². The van der Waals surface area contributed by atoms with Crippen molar-refractivity contribution in [1.29, 1.82) is 0 Å². The zero-order valence-corrected chi connectivity index (χ0v) is 15.3. The van der Waals surface area contributed by atoms with Crippen LogP contribution in [0.4, 0.5) is 13.2 Å². The monoisotopic (exact) mass is 394 g/mol. The van der Waals surface area contributed by atoms with Crippen molar-refractivity contribution in [3.05, 3.63) is 72.6 Å². The SMILES string of the molecule is C=CC(=O)Sc1c(F)cc(-c2ccc(SC(=O)C(=C)C)cc2F)cc1F. The van der Waals surface area contributed by atoms with E-state index in [9.17, 15) is 22.8 Å².